The van der Waals surface area contributed by atoms with E-state index in [1.165, 1.54) is 77.0 Å². The highest BCUT2D eigenvalue weighted by Gasteiger charge is 2.19. The Morgan fingerprint density at radius 2 is 0.569 bits per heavy atom. The van der Waals surface area contributed by atoms with Gasteiger partial charge in [0.2, 0.25) is 11.5 Å². The van der Waals surface area contributed by atoms with Gasteiger partial charge in [-0.05, 0) is 50.7 Å². The Balaban J connectivity index is 2.43. The van der Waals surface area contributed by atoms with Crippen LogP contribution in [0.3, 0.4) is 0 Å². The highest BCUT2D eigenvalue weighted by molar-refractivity contribution is 7.80. The molecular formula is C49H84N2O6S. The minimum atomic E-state index is 0.437. The van der Waals surface area contributed by atoms with Crippen molar-refractivity contribution in [2.75, 3.05) is 50.3 Å². The molecule has 0 spiro atoms. The predicted molar refractivity (Wildman–Crippen MR) is 251 cm³/mol. The van der Waals surface area contributed by atoms with Gasteiger partial charge in [-0.15, -0.1) is 0 Å². The number of benzene rings is 2. The molecule has 0 saturated heterocycles. The van der Waals surface area contributed by atoms with Crippen LogP contribution in [0.2, 0.25) is 0 Å². The van der Waals surface area contributed by atoms with Crippen molar-refractivity contribution in [1.82, 2.24) is 0 Å². The monoisotopic (exact) mass is 829 g/mol. The third kappa shape index (κ3) is 22.9. The summed E-state index contributed by atoms with van der Waals surface area (Å²) in [5, 5.41) is 7.31. The summed E-state index contributed by atoms with van der Waals surface area (Å²) in [6, 6.07) is 7.96. The van der Waals surface area contributed by atoms with Crippen molar-refractivity contribution in [1.29, 1.82) is 0 Å². The van der Waals surface area contributed by atoms with E-state index >= 15 is 0 Å². The molecule has 0 atom stereocenters. The Labute approximate surface area is 360 Å². The SMILES string of the molecule is CCCCCCOc1cc(NC(=S)Nc2cc(OCCCCCC)c(OCCCCCC)c(OCCCCCC)c2)cc(OCCCCCC)c1OCCCCCC. The van der Waals surface area contributed by atoms with E-state index in [0.717, 1.165) is 88.4 Å². The van der Waals surface area contributed by atoms with E-state index < -0.39 is 0 Å². The lowest BCUT2D eigenvalue weighted by Gasteiger charge is -2.21. The number of ether oxygens (including phenoxy) is 6. The van der Waals surface area contributed by atoms with Crippen molar-refractivity contribution in [2.24, 2.45) is 0 Å². The lowest BCUT2D eigenvalue weighted by molar-refractivity contribution is 0.235. The summed E-state index contributed by atoms with van der Waals surface area (Å²) in [7, 11) is 0. The van der Waals surface area contributed by atoms with Crippen LogP contribution in [0.1, 0.15) is 196 Å². The van der Waals surface area contributed by atoms with Gasteiger partial charge in [0, 0.05) is 35.6 Å². The average Bonchev–Trinajstić information content (AvgIpc) is 3.21. The second-order valence-electron chi connectivity index (χ2n) is 15.6. The molecule has 2 aromatic rings. The first-order valence-electron chi connectivity index (χ1n) is 23.7. The molecule has 2 rings (SSSR count). The summed E-state index contributed by atoms with van der Waals surface area (Å²) in [5.74, 6) is 4.09. The summed E-state index contributed by atoms with van der Waals surface area (Å²) in [5.41, 5.74) is 1.55. The maximum atomic E-state index is 6.45. The fraction of sp³-hybridized carbons (Fsp3) is 0.735. The number of unbranched alkanes of at least 4 members (excludes halogenated alkanes) is 18. The summed E-state index contributed by atoms with van der Waals surface area (Å²) in [6.45, 7) is 17.1. The van der Waals surface area contributed by atoms with Crippen molar-refractivity contribution in [3.8, 4) is 34.5 Å². The molecule has 8 nitrogen and oxygen atoms in total. The smallest absolute Gasteiger partial charge is 0.203 e. The van der Waals surface area contributed by atoms with E-state index in [0.29, 0.717) is 79.3 Å². The Hall–Kier alpha value is -3.07. The van der Waals surface area contributed by atoms with Crippen LogP contribution in [-0.4, -0.2) is 44.8 Å². The standard InChI is InChI=1S/C49H84N2O6S/c1-7-13-19-25-31-52-43-37-41(38-44(53-32-26-20-14-8-2)47(43)56-35-29-23-17-11-5)50-49(58)51-42-39-45(54-33-27-21-15-9-3)48(57-36-30-24-18-12-6)46(40-42)55-34-28-22-16-10-4/h37-40H,7-36H2,1-6H3,(H2,50,51,58). The molecule has 0 aliphatic heterocycles. The molecule has 332 valence electrons. The molecule has 0 aliphatic rings. The molecule has 0 amide bonds. The highest BCUT2D eigenvalue weighted by atomic mass is 32.1. The number of thiocarbonyl (C=S) groups is 1. The second kappa shape index (κ2) is 34.8. The van der Waals surface area contributed by atoms with Crippen LogP contribution in [0.5, 0.6) is 34.5 Å². The van der Waals surface area contributed by atoms with E-state index in [-0.39, 0.29) is 0 Å². The lowest BCUT2D eigenvalue weighted by Crippen LogP contribution is -2.19. The van der Waals surface area contributed by atoms with Gasteiger partial charge in [0.1, 0.15) is 0 Å². The van der Waals surface area contributed by atoms with Gasteiger partial charge in [0.05, 0.1) is 39.6 Å². The Morgan fingerprint density at radius 3 is 0.793 bits per heavy atom. The van der Waals surface area contributed by atoms with E-state index in [4.69, 9.17) is 40.6 Å². The van der Waals surface area contributed by atoms with Crippen molar-refractivity contribution < 1.29 is 28.4 Å². The molecule has 0 radical (unpaired) electrons. The molecule has 0 heterocycles. The molecule has 0 fully saturated rings. The van der Waals surface area contributed by atoms with E-state index in [2.05, 4.69) is 52.2 Å². The molecule has 2 N–H and O–H groups in total. The van der Waals surface area contributed by atoms with Gasteiger partial charge in [-0.1, -0.05) is 157 Å². The number of nitrogens with one attached hydrogen (secondary N) is 2. The topological polar surface area (TPSA) is 79.4 Å². The maximum absolute atomic E-state index is 6.45. The maximum Gasteiger partial charge on any atom is 0.203 e. The quantitative estimate of drug-likeness (QED) is 0.0508. The fourth-order valence-electron chi connectivity index (χ4n) is 6.55. The van der Waals surface area contributed by atoms with Crippen LogP contribution >= 0.6 is 12.2 Å². The lowest BCUT2D eigenvalue weighted by atomic mass is 10.2. The molecule has 0 aliphatic carbocycles. The van der Waals surface area contributed by atoms with Gasteiger partial charge in [0.25, 0.3) is 0 Å². The molecule has 0 aromatic heterocycles. The van der Waals surface area contributed by atoms with Crippen LogP contribution in [0.4, 0.5) is 11.4 Å². The van der Waals surface area contributed by atoms with Crippen LogP contribution in [0, 0.1) is 0 Å². The minimum Gasteiger partial charge on any atom is -0.489 e. The van der Waals surface area contributed by atoms with E-state index in [1.54, 1.807) is 0 Å². The minimum absolute atomic E-state index is 0.437. The molecule has 0 saturated carbocycles. The van der Waals surface area contributed by atoms with Crippen molar-refractivity contribution >= 4 is 28.7 Å². The zero-order valence-corrected chi connectivity index (χ0v) is 38.7. The number of anilines is 2. The van der Waals surface area contributed by atoms with Crippen LogP contribution in [0.15, 0.2) is 24.3 Å². The van der Waals surface area contributed by atoms with Gasteiger partial charge in [-0.2, -0.15) is 0 Å². The third-order valence-electron chi connectivity index (χ3n) is 10.1. The molecule has 2 aromatic carbocycles. The van der Waals surface area contributed by atoms with Crippen LogP contribution in [0.25, 0.3) is 0 Å². The average molecular weight is 829 g/mol. The Morgan fingerprint density at radius 1 is 0.345 bits per heavy atom. The normalized spacial score (nSPS) is 11.0. The van der Waals surface area contributed by atoms with Crippen molar-refractivity contribution in [3.05, 3.63) is 24.3 Å². The number of hydrogen-bond acceptors (Lipinski definition) is 7. The largest absolute Gasteiger partial charge is 0.489 e. The van der Waals surface area contributed by atoms with E-state index in [9.17, 15) is 0 Å². The third-order valence-corrected chi connectivity index (χ3v) is 10.3. The first kappa shape index (κ1) is 51.1. The van der Waals surface area contributed by atoms with E-state index in [1.807, 2.05) is 24.3 Å². The Bertz CT molecular complexity index is 1160. The summed E-state index contributed by atoms with van der Waals surface area (Å²) < 4.78 is 38.7. The van der Waals surface area contributed by atoms with Gasteiger partial charge in [-0.25, -0.2) is 0 Å². The van der Waals surface area contributed by atoms with Gasteiger partial charge < -0.3 is 39.1 Å². The second-order valence-corrected chi connectivity index (χ2v) is 16.0. The van der Waals surface area contributed by atoms with Gasteiger partial charge >= 0.3 is 0 Å². The fourth-order valence-corrected chi connectivity index (χ4v) is 6.79. The molecule has 9 heteroatoms. The van der Waals surface area contributed by atoms with Crippen molar-refractivity contribution in [3.63, 3.8) is 0 Å². The number of rotatable bonds is 38. The summed E-state index contributed by atoms with van der Waals surface area (Å²) in [6.07, 6.45) is 27.0. The van der Waals surface area contributed by atoms with Crippen LogP contribution < -0.4 is 39.1 Å². The van der Waals surface area contributed by atoms with Crippen LogP contribution in [-0.2, 0) is 0 Å². The van der Waals surface area contributed by atoms with Crippen molar-refractivity contribution in [2.45, 2.75) is 196 Å². The summed E-state index contributed by atoms with van der Waals surface area (Å²) in [4.78, 5) is 0. The highest BCUT2D eigenvalue weighted by Crippen LogP contribution is 2.43. The summed E-state index contributed by atoms with van der Waals surface area (Å²) >= 11 is 5.97. The molecule has 0 bridgehead atoms. The predicted octanol–water partition coefficient (Wildman–Crippen LogP) is 15.3. The van der Waals surface area contributed by atoms with Gasteiger partial charge in [0.15, 0.2) is 28.1 Å². The number of hydrogen-bond donors (Lipinski definition) is 2. The first-order chi connectivity index (χ1) is 28.5. The molecular weight excluding hydrogens is 745 g/mol. The zero-order valence-electron chi connectivity index (χ0n) is 37.9. The van der Waals surface area contributed by atoms with Gasteiger partial charge in [-0.3, -0.25) is 0 Å². The zero-order chi connectivity index (χ0) is 41.9. The first-order valence-corrected chi connectivity index (χ1v) is 24.1. The molecule has 0 unspecified atom stereocenters. The Kier molecular flexibility index (Phi) is 30.6. The molecule has 58 heavy (non-hydrogen) atoms.